The van der Waals surface area contributed by atoms with Crippen molar-refractivity contribution in [3.05, 3.63) is 89.0 Å². The molecule has 0 spiro atoms. The van der Waals surface area contributed by atoms with Gasteiger partial charge in [0.25, 0.3) is 0 Å². The molecule has 2 fully saturated rings. The Kier molecular flexibility index (Phi) is 15.4. The van der Waals surface area contributed by atoms with Crippen LogP contribution in [-0.2, 0) is 40.3 Å². The molecule has 0 unspecified atom stereocenters. The van der Waals surface area contributed by atoms with Crippen LogP contribution in [0.4, 0.5) is 0 Å². The first-order valence-electron chi connectivity index (χ1n) is 16.0. The summed E-state index contributed by atoms with van der Waals surface area (Å²) in [6.45, 7) is 13.6. The molecule has 3 aromatic rings. The molecule has 42 heavy (non-hydrogen) atoms. The Morgan fingerprint density at radius 3 is 1.67 bits per heavy atom. The Bertz CT molecular complexity index is 1120. The largest absolute Gasteiger partial charge is 0.214 e. The molecule has 0 N–H and O–H groups in total. The molecular weight excluding hydrogens is 734 g/mol. The zero-order valence-corrected chi connectivity index (χ0v) is 33.1. The fourth-order valence-corrected chi connectivity index (χ4v) is 15.4. The maximum atomic E-state index is 3.53. The van der Waals surface area contributed by atoms with Crippen LogP contribution in [-0.4, -0.2) is 5.49 Å². The van der Waals surface area contributed by atoms with E-state index in [0.717, 1.165) is 6.42 Å². The van der Waals surface area contributed by atoms with Crippen LogP contribution in [0.2, 0.25) is 11.1 Å². The van der Waals surface area contributed by atoms with Crippen molar-refractivity contribution in [2.45, 2.75) is 134 Å². The predicted molar refractivity (Wildman–Crippen MR) is 172 cm³/mol. The van der Waals surface area contributed by atoms with Gasteiger partial charge in [0, 0.05) is 0 Å². The summed E-state index contributed by atoms with van der Waals surface area (Å²) in [5, 5.41) is 0. The summed E-state index contributed by atoms with van der Waals surface area (Å²) in [4.78, 5) is 0. The average Bonchev–Trinajstić information content (AvgIpc) is 3.64. The third kappa shape index (κ3) is 10.5. The van der Waals surface area contributed by atoms with Crippen LogP contribution in [0, 0.1) is 6.07 Å². The minimum atomic E-state index is 0. The van der Waals surface area contributed by atoms with Gasteiger partial charge in [0.15, 0.2) is 0 Å². The number of hydrogen-bond acceptors (Lipinski definition) is 0. The first-order valence-corrected chi connectivity index (χ1v) is 23.0. The summed E-state index contributed by atoms with van der Waals surface area (Å²) in [6, 6.07) is 25.1. The Morgan fingerprint density at radius 1 is 0.714 bits per heavy atom. The molecule has 2 saturated carbocycles. The fraction of sp³-hybridized carbons (Fsp3) is 0.553. The molecule has 6 rings (SSSR count). The van der Waals surface area contributed by atoms with Crippen LogP contribution in [0.5, 0.6) is 0 Å². The van der Waals surface area contributed by atoms with E-state index >= 15 is 0 Å². The Labute approximate surface area is 285 Å². The SMILES string of the molecule is CC(C)(C)c1c[c-]c2c(c1)-c1cc(C(C)(C)C)ccc1C2.[Cl-].[Cl-].[Hf+2]=[Si](C1CCCCC1)C1CCCCC1.c1cc[cH-]c1. The first-order chi connectivity index (χ1) is 19.0. The van der Waals surface area contributed by atoms with Crippen molar-refractivity contribution in [2.24, 2.45) is 0 Å². The van der Waals surface area contributed by atoms with Crippen molar-refractivity contribution >= 4 is 5.49 Å². The van der Waals surface area contributed by atoms with E-state index < -0.39 is 0 Å². The van der Waals surface area contributed by atoms with Crippen molar-refractivity contribution < 1.29 is 47.8 Å². The number of fused-ring (bicyclic) bond motifs is 3. The molecule has 3 aliphatic rings. The van der Waals surface area contributed by atoms with E-state index in [-0.39, 0.29) is 41.1 Å². The molecule has 0 aliphatic heterocycles. The van der Waals surface area contributed by atoms with Gasteiger partial charge >= 0.3 is 104 Å². The molecule has 0 atom stereocenters. The fourth-order valence-electron chi connectivity index (χ4n) is 6.47. The van der Waals surface area contributed by atoms with Gasteiger partial charge in [-0.3, -0.25) is 0 Å². The summed E-state index contributed by atoms with van der Waals surface area (Å²) < 4.78 is 0. The van der Waals surface area contributed by atoms with Crippen molar-refractivity contribution in [1.29, 1.82) is 0 Å². The molecule has 0 heterocycles. The van der Waals surface area contributed by atoms with E-state index in [4.69, 9.17) is 0 Å². The minimum Gasteiger partial charge on any atom is -0.214 e. The van der Waals surface area contributed by atoms with Crippen molar-refractivity contribution in [1.82, 2.24) is 0 Å². The molecule has 3 aliphatic carbocycles. The van der Waals surface area contributed by atoms with E-state index in [2.05, 4.69) is 77.9 Å². The maximum Gasteiger partial charge on any atom is -0.172 e. The van der Waals surface area contributed by atoms with Crippen LogP contribution < -0.4 is 24.8 Å². The number of halogens is 2. The predicted octanol–water partition coefficient (Wildman–Crippen LogP) is 5.26. The number of rotatable bonds is 2. The van der Waals surface area contributed by atoms with Crippen LogP contribution >= 0.6 is 0 Å². The molecular formula is C38H52Cl2HfSi-2. The van der Waals surface area contributed by atoms with Crippen molar-refractivity contribution in [3.8, 4) is 11.1 Å². The number of hydrogen-bond donors (Lipinski definition) is 0. The normalized spacial score (nSPS) is 16.8. The van der Waals surface area contributed by atoms with Gasteiger partial charge in [-0.05, 0) is 17.4 Å². The Hall–Kier alpha value is -0.543. The second-order valence-corrected chi connectivity index (χ2v) is 23.2. The third-order valence-corrected chi connectivity index (χ3v) is 20.9. The monoisotopic (exact) mass is 786 g/mol. The van der Waals surface area contributed by atoms with Gasteiger partial charge in [-0.25, -0.2) is 12.1 Å². The zero-order valence-electron chi connectivity index (χ0n) is 27.0. The Balaban J connectivity index is 0.000000253. The summed E-state index contributed by atoms with van der Waals surface area (Å²) >= 11 is 1.57. The van der Waals surface area contributed by atoms with E-state index in [1.807, 2.05) is 30.3 Å². The third-order valence-electron chi connectivity index (χ3n) is 9.17. The summed E-state index contributed by atoms with van der Waals surface area (Å²) in [7, 11) is 0. The van der Waals surface area contributed by atoms with Gasteiger partial charge in [-0.15, -0.1) is 5.56 Å². The van der Waals surface area contributed by atoms with Gasteiger partial charge in [0.1, 0.15) is 0 Å². The van der Waals surface area contributed by atoms with Gasteiger partial charge in [0.05, 0.1) is 0 Å². The van der Waals surface area contributed by atoms with Crippen LogP contribution in [0.1, 0.15) is 128 Å². The molecule has 228 valence electrons. The van der Waals surface area contributed by atoms with Gasteiger partial charge in [-0.2, -0.15) is 47.5 Å². The van der Waals surface area contributed by atoms with Crippen LogP contribution in [0.25, 0.3) is 11.1 Å². The molecule has 0 bridgehead atoms. The Morgan fingerprint density at radius 2 is 1.21 bits per heavy atom. The van der Waals surface area contributed by atoms with Gasteiger partial charge in [-0.1, -0.05) is 76.3 Å². The van der Waals surface area contributed by atoms with Crippen molar-refractivity contribution in [2.75, 3.05) is 0 Å². The van der Waals surface area contributed by atoms with E-state index in [1.165, 1.54) is 57.3 Å². The zero-order chi connectivity index (χ0) is 28.8. The smallest absolute Gasteiger partial charge is 0.172 e. The van der Waals surface area contributed by atoms with E-state index in [9.17, 15) is 0 Å². The second kappa shape index (κ2) is 17.2. The van der Waals surface area contributed by atoms with Gasteiger partial charge < -0.3 is 24.8 Å². The molecule has 4 heteroatoms. The topological polar surface area (TPSA) is 0 Å². The molecule has 0 aromatic heterocycles. The molecule has 0 saturated heterocycles. The molecule has 0 amide bonds. The van der Waals surface area contributed by atoms with Crippen LogP contribution in [0.15, 0.2) is 60.7 Å². The van der Waals surface area contributed by atoms with Crippen molar-refractivity contribution in [3.63, 3.8) is 0 Å². The van der Waals surface area contributed by atoms with E-state index in [1.54, 1.807) is 74.4 Å². The average molecular weight is 786 g/mol. The van der Waals surface area contributed by atoms with E-state index in [0.29, 0.717) is 0 Å². The molecule has 0 nitrogen and oxygen atoms in total. The summed E-state index contributed by atoms with van der Waals surface area (Å²) in [5.41, 5.74) is 11.4. The quantitative estimate of drug-likeness (QED) is 0.193. The summed E-state index contributed by atoms with van der Waals surface area (Å²) in [5.74, 6) is 0. The second-order valence-electron chi connectivity index (χ2n) is 14.4. The van der Waals surface area contributed by atoms with Crippen LogP contribution in [0.3, 0.4) is 0 Å². The number of benzene rings is 2. The first kappa shape index (κ1) is 37.6. The van der Waals surface area contributed by atoms with Gasteiger partial charge in [0.2, 0.25) is 0 Å². The summed E-state index contributed by atoms with van der Waals surface area (Å²) in [6.07, 6.45) is 16.8. The molecule has 0 radical (unpaired) electrons. The maximum absolute atomic E-state index is 3.53. The minimum absolute atomic E-state index is 0. The molecule has 3 aromatic carbocycles. The standard InChI is InChI=1S/C21H25.C12H22Si.C5H5.2ClH.Hf/c1-20(2,3)16-9-7-14-11-15-8-10-17(21(4,5)6)13-19(15)18(14)12-16;1-3-7-11(8-4-1)13-12-9-5-2-6-10-12;1-2-4-5-3-1;;;/h7,9-10,12-13H,11H2,1-6H3;11-12H,1-10H2;1-5H;2*1H;/q-1;;-1;;;+2/p-2.